The van der Waals surface area contributed by atoms with E-state index < -0.39 is 0 Å². The highest BCUT2D eigenvalue weighted by Crippen LogP contribution is 2.27. The molecule has 0 spiro atoms. The first-order valence-electron chi connectivity index (χ1n) is 7.38. The van der Waals surface area contributed by atoms with Crippen LogP contribution in [0.2, 0.25) is 0 Å². The molecule has 0 unspecified atom stereocenters. The van der Waals surface area contributed by atoms with Crippen molar-refractivity contribution in [3.05, 3.63) is 84.5 Å². The molecule has 21 heavy (non-hydrogen) atoms. The van der Waals surface area contributed by atoms with Crippen LogP contribution in [0.25, 0.3) is 5.69 Å². The van der Waals surface area contributed by atoms with E-state index in [4.69, 9.17) is 0 Å². The molecule has 2 heteroatoms. The molecule has 0 amide bonds. The SMILES string of the molecule is CC1=CC(C)C=C(C)[C-]1[n+]1c[cH-][n+](-c2ccc[cH+]cc2)c1. The zero-order valence-corrected chi connectivity index (χ0v) is 12.8. The van der Waals surface area contributed by atoms with Crippen LogP contribution in [0.15, 0.2) is 78.4 Å². The van der Waals surface area contributed by atoms with Gasteiger partial charge < -0.3 is 0 Å². The minimum atomic E-state index is 0.518. The van der Waals surface area contributed by atoms with Crippen LogP contribution in [0.5, 0.6) is 0 Å². The second-order valence-electron chi connectivity index (χ2n) is 5.66. The minimum absolute atomic E-state index is 0.518. The Morgan fingerprint density at radius 2 is 1.90 bits per heavy atom. The molecule has 0 saturated carbocycles. The Kier molecular flexibility index (Phi) is 3.61. The number of nitrogens with zero attached hydrogens (tertiary/aromatic N) is 2. The first kappa shape index (κ1) is 13.6. The zero-order chi connectivity index (χ0) is 14.8. The van der Waals surface area contributed by atoms with Gasteiger partial charge in [-0.05, 0) is 13.8 Å². The molecule has 2 aromatic rings. The molecule has 0 radical (unpaired) electrons. The van der Waals surface area contributed by atoms with Crippen molar-refractivity contribution in [3.63, 3.8) is 0 Å². The molecule has 0 aliphatic heterocycles. The second-order valence-corrected chi connectivity index (χ2v) is 5.66. The van der Waals surface area contributed by atoms with Gasteiger partial charge in [0, 0.05) is 36.4 Å². The van der Waals surface area contributed by atoms with Gasteiger partial charge >= 0.3 is 6.33 Å². The fourth-order valence-corrected chi connectivity index (χ4v) is 3.02. The van der Waals surface area contributed by atoms with Crippen LogP contribution in [0, 0.1) is 12.0 Å². The highest BCUT2D eigenvalue weighted by Gasteiger charge is 2.23. The van der Waals surface area contributed by atoms with Crippen molar-refractivity contribution in [2.75, 3.05) is 0 Å². The minimum Gasteiger partial charge on any atom is -0.261 e. The molecular weight excluding hydrogens is 256 g/mol. The lowest BCUT2D eigenvalue weighted by Crippen LogP contribution is -2.44. The first-order valence-corrected chi connectivity index (χ1v) is 7.38. The maximum absolute atomic E-state index is 2.31. The number of rotatable bonds is 2. The molecule has 2 nitrogen and oxygen atoms in total. The van der Waals surface area contributed by atoms with E-state index in [-0.39, 0.29) is 0 Å². The van der Waals surface area contributed by atoms with Gasteiger partial charge in [0.2, 0.25) is 0 Å². The van der Waals surface area contributed by atoms with Crippen LogP contribution >= 0.6 is 0 Å². The van der Waals surface area contributed by atoms with Crippen molar-refractivity contribution >= 4 is 0 Å². The summed E-state index contributed by atoms with van der Waals surface area (Å²) < 4.78 is 4.35. The number of hydrogen-bond donors (Lipinski definition) is 0. The Bertz CT molecular complexity index is 674. The van der Waals surface area contributed by atoms with Crippen LogP contribution in [0.4, 0.5) is 0 Å². The Morgan fingerprint density at radius 3 is 2.67 bits per heavy atom. The van der Waals surface area contributed by atoms with Crippen molar-refractivity contribution in [1.82, 2.24) is 0 Å². The standard InChI is InChI=1S/C19H21N2/c1-15-12-16(2)19(17(3)13-15)21-11-10-20(14-21)18-8-6-4-5-7-9-18/h4-15H,1-3H3/q+1. The molecule has 0 saturated heterocycles. The summed E-state index contributed by atoms with van der Waals surface area (Å²) in [6.07, 6.45) is 11.0. The summed E-state index contributed by atoms with van der Waals surface area (Å²) in [5.74, 6) is 0.518. The highest BCUT2D eigenvalue weighted by atomic mass is 15.1. The molecule has 1 aromatic carbocycles. The van der Waals surface area contributed by atoms with E-state index in [1.165, 1.54) is 17.2 Å². The van der Waals surface area contributed by atoms with E-state index in [1.54, 1.807) is 0 Å². The van der Waals surface area contributed by atoms with Gasteiger partial charge in [-0.2, -0.15) is 0 Å². The monoisotopic (exact) mass is 277 g/mol. The van der Waals surface area contributed by atoms with Crippen molar-refractivity contribution in [3.8, 4) is 5.69 Å². The molecule has 0 bridgehead atoms. The van der Waals surface area contributed by atoms with Gasteiger partial charge in [0.1, 0.15) is 18.4 Å². The van der Waals surface area contributed by atoms with E-state index in [1.807, 2.05) is 12.1 Å². The summed E-state index contributed by atoms with van der Waals surface area (Å²) in [6.45, 7) is 6.61. The molecule has 1 aromatic heterocycles. The normalized spacial score (nSPS) is 15.7. The molecule has 106 valence electrons. The van der Waals surface area contributed by atoms with Crippen LogP contribution in [-0.4, -0.2) is 0 Å². The average Bonchev–Trinajstić information content (AvgIpc) is 2.72. The maximum Gasteiger partial charge on any atom is 0.302 e. The summed E-state index contributed by atoms with van der Waals surface area (Å²) in [4.78, 5) is 0. The van der Waals surface area contributed by atoms with Crippen molar-refractivity contribution in [2.45, 2.75) is 20.8 Å². The van der Waals surface area contributed by atoms with Crippen molar-refractivity contribution < 1.29 is 9.13 Å². The first-order chi connectivity index (χ1) is 10.1. The molecule has 0 fully saturated rings. The largest absolute Gasteiger partial charge is 0.302 e. The topological polar surface area (TPSA) is 7.76 Å². The van der Waals surface area contributed by atoms with Gasteiger partial charge in [0.05, 0.1) is 0 Å². The van der Waals surface area contributed by atoms with Crippen LogP contribution in [0.3, 0.4) is 0 Å². The predicted octanol–water partition coefficient (Wildman–Crippen LogP) is 3.17. The molecule has 3 rings (SSSR count). The third-order valence-corrected chi connectivity index (χ3v) is 3.83. The zero-order valence-electron chi connectivity index (χ0n) is 12.8. The smallest absolute Gasteiger partial charge is 0.261 e. The summed E-state index contributed by atoms with van der Waals surface area (Å²) in [5, 5.41) is 0. The number of hydrogen-bond acceptors (Lipinski definition) is 0. The van der Waals surface area contributed by atoms with Gasteiger partial charge in [-0.3, -0.25) is 4.57 Å². The lowest BCUT2D eigenvalue weighted by atomic mass is 9.89. The van der Waals surface area contributed by atoms with Crippen LogP contribution in [0.1, 0.15) is 20.8 Å². The lowest BCUT2D eigenvalue weighted by Gasteiger charge is -2.24. The van der Waals surface area contributed by atoms with Crippen molar-refractivity contribution in [1.29, 1.82) is 0 Å². The van der Waals surface area contributed by atoms with Gasteiger partial charge in [-0.1, -0.05) is 24.0 Å². The average molecular weight is 277 g/mol. The Balaban J connectivity index is 1.96. The highest BCUT2D eigenvalue weighted by molar-refractivity contribution is 5.38. The van der Waals surface area contributed by atoms with Crippen LogP contribution in [-0.2, 0) is 0 Å². The fraction of sp³-hybridized carbons (Fsp3) is 0.211. The van der Waals surface area contributed by atoms with E-state index in [2.05, 4.69) is 85.0 Å². The van der Waals surface area contributed by atoms with Gasteiger partial charge in [0.25, 0.3) is 0 Å². The second kappa shape index (κ2) is 5.57. The molecule has 0 atom stereocenters. The molecular formula is C19H21N2+. The van der Waals surface area contributed by atoms with E-state index >= 15 is 0 Å². The fourth-order valence-electron chi connectivity index (χ4n) is 3.02. The third kappa shape index (κ3) is 2.75. The van der Waals surface area contributed by atoms with Gasteiger partial charge in [-0.15, -0.1) is 12.2 Å². The van der Waals surface area contributed by atoms with Gasteiger partial charge in [0.15, 0.2) is 5.69 Å². The number of allylic oxidation sites excluding steroid dienone is 4. The number of aromatic nitrogens is 2. The molecule has 0 N–H and O–H groups in total. The predicted molar refractivity (Wildman–Crippen MR) is 83.5 cm³/mol. The molecule has 1 heterocycles. The Hall–Kier alpha value is -2.35. The van der Waals surface area contributed by atoms with E-state index in [0.29, 0.717) is 5.92 Å². The lowest BCUT2D eigenvalue weighted by molar-refractivity contribution is -0.727. The quantitative estimate of drug-likeness (QED) is 0.588. The molecule has 1 aliphatic carbocycles. The Labute approximate surface area is 126 Å². The molecule has 1 aliphatic rings. The summed E-state index contributed by atoms with van der Waals surface area (Å²) in [7, 11) is 0. The van der Waals surface area contributed by atoms with Gasteiger partial charge in [-0.25, -0.2) is 4.57 Å². The summed E-state index contributed by atoms with van der Waals surface area (Å²) in [6, 6.07) is 13.7. The summed E-state index contributed by atoms with van der Waals surface area (Å²) >= 11 is 0. The number of imidazole rings is 1. The van der Waals surface area contributed by atoms with E-state index in [0.717, 1.165) is 5.69 Å². The van der Waals surface area contributed by atoms with E-state index in [9.17, 15) is 0 Å². The van der Waals surface area contributed by atoms with Crippen LogP contribution < -0.4 is 9.13 Å². The maximum atomic E-state index is 2.31. The summed E-state index contributed by atoms with van der Waals surface area (Å²) in [5.41, 5.74) is 3.83. The Morgan fingerprint density at radius 1 is 1.14 bits per heavy atom. The third-order valence-electron chi connectivity index (χ3n) is 3.83. The van der Waals surface area contributed by atoms with Crippen molar-refractivity contribution in [2.24, 2.45) is 5.92 Å².